The minimum absolute atomic E-state index is 0. The van der Waals surface area contributed by atoms with Crippen LogP contribution < -0.4 is 5.73 Å². The Kier molecular flexibility index (Phi) is 1.92. The van der Waals surface area contributed by atoms with E-state index in [2.05, 4.69) is 0 Å². The third kappa shape index (κ3) is 1.14. The average Bonchev–Trinajstić information content (AvgIpc) is 2.20. The van der Waals surface area contributed by atoms with Gasteiger partial charge >= 0.3 is 0 Å². The van der Waals surface area contributed by atoms with Crippen molar-refractivity contribution in [3.8, 4) is 0 Å². The number of hydrogen-bond donors (Lipinski definition) is 1. The second-order valence-corrected chi connectivity index (χ2v) is 3.66. The molecule has 0 aromatic heterocycles. The van der Waals surface area contributed by atoms with Gasteiger partial charge in [0.1, 0.15) is 0 Å². The van der Waals surface area contributed by atoms with Crippen LogP contribution in [-0.2, 0) is 0 Å². The monoisotopic (exact) mass is 183 g/mol. The molecule has 1 nitrogen and oxygen atoms in total. The lowest BCUT2D eigenvalue weighted by atomic mass is 10.1. The van der Waals surface area contributed by atoms with Crippen LogP contribution in [0.5, 0.6) is 0 Å². The van der Waals surface area contributed by atoms with Gasteiger partial charge in [-0.05, 0) is 19.3 Å². The van der Waals surface area contributed by atoms with E-state index in [-0.39, 0.29) is 24.9 Å². The van der Waals surface area contributed by atoms with E-state index in [1.807, 2.05) is 0 Å². The maximum Gasteiger partial charge on any atom is 0.254 e. The number of nitrogens with two attached hydrogens (primary N) is 1. The van der Waals surface area contributed by atoms with Crippen LogP contribution in [0.3, 0.4) is 0 Å². The van der Waals surface area contributed by atoms with E-state index in [0.29, 0.717) is 12.8 Å². The molecular weight excluding hydrogens is 172 g/mol. The zero-order valence-electron chi connectivity index (χ0n) is 6.15. The topological polar surface area (TPSA) is 26.0 Å². The van der Waals surface area contributed by atoms with Crippen molar-refractivity contribution in [3.63, 3.8) is 0 Å². The van der Waals surface area contributed by atoms with E-state index in [1.165, 1.54) is 0 Å². The van der Waals surface area contributed by atoms with Gasteiger partial charge in [-0.3, -0.25) is 0 Å². The average molecular weight is 184 g/mol. The van der Waals surface area contributed by atoms with Crippen molar-refractivity contribution >= 4 is 12.4 Å². The first-order chi connectivity index (χ1) is 4.56. The second-order valence-electron chi connectivity index (χ2n) is 3.66. The lowest BCUT2D eigenvalue weighted by Gasteiger charge is -2.05. The number of hydrogen-bond acceptors (Lipinski definition) is 1. The molecule has 0 aliphatic heterocycles. The molecule has 2 fully saturated rings. The maximum absolute atomic E-state index is 12.6. The van der Waals surface area contributed by atoms with E-state index in [1.54, 1.807) is 0 Å². The van der Waals surface area contributed by atoms with Crippen molar-refractivity contribution in [2.75, 3.05) is 0 Å². The van der Waals surface area contributed by atoms with Gasteiger partial charge in [-0.15, -0.1) is 12.4 Å². The minimum Gasteiger partial charge on any atom is -0.328 e. The molecule has 0 aromatic rings. The molecule has 0 radical (unpaired) electrons. The first-order valence-electron chi connectivity index (χ1n) is 3.69. The number of halogens is 3. The fourth-order valence-electron chi connectivity index (χ4n) is 2.04. The highest BCUT2D eigenvalue weighted by atomic mass is 35.5. The van der Waals surface area contributed by atoms with Crippen molar-refractivity contribution in [1.29, 1.82) is 0 Å². The van der Waals surface area contributed by atoms with Crippen LogP contribution in [0.1, 0.15) is 25.7 Å². The van der Waals surface area contributed by atoms with Crippen LogP contribution in [0, 0.1) is 5.41 Å². The first kappa shape index (κ1) is 9.20. The predicted octanol–water partition coefficient (Wildman–Crippen LogP) is 1.94. The summed E-state index contributed by atoms with van der Waals surface area (Å²) in [7, 11) is 0. The normalized spacial score (nSPS) is 45.5. The van der Waals surface area contributed by atoms with Crippen LogP contribution >= 0.6 is 12.4 Å². The summed E-state index contributed by atoms with van der Waals surface area (Å²) in [5, 5.41) is 0. The van der Waals surface area contributed by atoms with Crippen molar-refractivity contribution in [1.82, 2.24) is 0 Å². The summed E-state index contributed by atoms with van der Waals surface area (Å²) in [6, 6.07) is 0.0355. The van der Waals surface area contributed by atoms with Crippen molar-refractivity contribution in [2.24, 2.45) is 11.1 Å². The highest BCUT2D eigenvalue weighted by Gasteiger charge is 2.72. The van der Waals surface area contributed by atoms with Crippen LogP contribution in [0.25, 0.3) is 0 Å². The van der Waals surface area contributed by atoms with Crippen molar-refractivity contribution in [2.45, 2.75) is 37.6 Å². The van der Waals surface area contributed by atoms with Gasteiger partial charge in [0.05, 0.1) is 0 Å². The van der Waals surface area contributed by atoms with E-state index in [4.69, 9.17) is 5.73 Å². The molecule has 1 spiro atoms. The van der Waals surface area contributed by atoms with Gasteiger partial charge in [0.15, 0.2) is 0 Å². The molecule has 2 aliphatic carbocycles. The van der Waals surface area contributed by atoms with Gasteiger partial charge in [0, 0.05) is 17.9 Å². The Hall–Kier alpha value is 0.110. The van der Waals surface area contributed by atoms with Crippen LogP contribution in [0.15, 0.2) is 0 Å². The maximum atomic E-state index is 12.6. The Morgan fingerprint density at radius 1 is 1.36 bits per heavy atom. The van der Waals surface area contributed by atoms with E-state index >= 15 is 0 Å². The highest BCUT2D eigenvalue weighted by molar-refractivity contribution is 5.85. The molecule has 2 atom stereocenters. The molecule has 0 bridgehead atoms. The lowest BCUT2D eigenvalue weighted by Crippen LogP contribution is -2.16. The summed E-state index contributed by atoms with van der Waals surface area (Å²) < 4.78 is 25.2. The fourth-order valence-corrected chi connectivity index (χ4v) is 2.04. The van der Waals surface area contributed by atoms with Crippen molar-refractivity contribution in [3.05, 3.63) is 0 Å². The van der Waals surface area contributed by atoms with Gasteiger partial charge in [0.2, 0.25) is 0 Å². The molecule has 4 heteroatoms. The van der Waals surface area contributed by atoms with Gasteiger partial charge in [-0.2, -0.15) is 0 Å². The molecular formula is C7H12ClF2N. The fraction of sp³-hybridized carbons (Fsp3) is 1.00. The molecule has 66 valence electrons. The van der Waals surface area contributed by atoms with E-state index in [9.17, 15) is 8.78 Å². The van der Waals surface area contributed by atoms with Crippen LogP contribution in [-0.4, -0.2) is 12.0 Å². The third-order valence-electron chi connectivity index (χ3n) is 2.86. The number of rotatable bonds is 0. The Morgan fingerprint density at radius 3 is 2.09 bits per heavy atom. The van der Waals surface area contributed by atoms with Gasteiger partial charge in [-0.1, -0.05) is 0 Å². The van der Waals surface area contributed by atoms with Gasteiger partial charge in [0.25, 0.3) is 5.92 Å². The summed E-state index contributed by atoms with van der Waals surface area (Å²) in [5.74, 6) is -2.37. The molecule has 0 aromatic carbocycles. The Labute approximate surface area is 70.7 Å². The number of alkyl halides is 2. The SMILES string of the molecule is Cl.NC1CCC2(C1)CC2(F)F. The molecule has 11 heavy (non-hydrogen) atoms. The third-order valence-corrected chi connectivity index (χ3v) is 2.86. The minimum atomic E-state index is -2.37. The molecule has 2 saturated carbocycles. The van der Waals surface area contributed by atoms with Gasteiger partial charge < -0.3 is 5.73 Å². The van der Waals surface area contributed by atoms with Crippen molar-refractivity contribution < 1.29 is 8.78 Å². The molecule has 2 N–H and O–H groups in total. The highest BCUT2D eigenvalue weighted by Crippen LogP contribution is 2.68. The summed E-state index contributed by atoms with van der Waals surface area (Å²) in [5.41, 5.74) is 4.89. The predicted molar refractivity (Wildman–Crippen MR) is 41.1 cm³/mol. The van der Waals surface area contributed by atoms with Gasteiger partial charge in [-0.25, -0.2) is 8.78 Å². The molecule has 0 saturated heterocycles. The lowest BCUT2D eigenvalue weighted by molar-refractivity contribution is 0.0655. The molecule has 2 unspecified atom stereocenters. The first-order valence-corrected chi connectivity index (χ1v) is 3.69. The van der Waals surface area contributed by atoms with Crippen LogP contribution in [0.2, 0.25) is 0 Å². The summed E-state index contributed by atoms with van der Waals surface area (Å²) in [4.78, 5) is 0. The zero-order chi connectivity index (χ0) is 7.41. The Morgan fingerprint density at radius 2 is 1.91 bits per heavy atom. The zero-order valence-corrected chi connectivity index (χ0v) is 6.96. The summed E-state index contributed by atoms with van der Waals surface area (Å²) in [6.45, 7) is 0. The second kappa shape index (κ2) is 2.30. The summed E-state index contributed by atoms with van der Waals surface area (Å²) >= 11 is 0. The molecule has 2 aliphatic rings. The van der Waals surface area contributed by atoms with E-state index < -0.39 is 11.3 Å². The standard InChI is InChI=1S/C7H11F2N.ClH/c8-7(9)4-6(7)2-1-5(10)3-6;/h5H,1-4,10H2;1H. The van der Waals surface area contributed by atoms with Crippen LogP contribution in [0.4, 0.5) is 8.78 Å². The quantitative estimate of drug-likeness (QED) is 0.611. The van der Waals surface area contributed by atoms with E-state index in [0.717, 1.165) is 6.42 Å². The molecule has 0 amide bonds. The Balaban J connectivity index is 0.000000605. The largest absolute Gasteiger partial charge is 0.328 e. The Bertz CT molecular complexity index is 174. The molecule has 2 rings (SSSR count). The summed E-state index contributed by atoms with van der Waals surface area (Å²) in [6.07, 6.45) is 2.06. The molecule has 0 heterocycles. The smallest absolute Gasteiger partial charge is 0.254 e.